The zero-order chi connectivity index (χ0) is 11.3. The number of rotatable bonds is 3. The van der Waals surface area contributed by atoms with Gasteiger partial charge in [-0.1, -0.05) is 0 Å². The van der Waals surface area contributed by atoms with E-state index in [-0.39, 0.29) is 11.3 Å². The molecule has 0 fully saturated rings. The van der Waals surface area contributed by atoms with Gasteiger partial charge in [-0.15, -0.1) is 5.10 Å². The van der Waals surface area contributed by atoms with Crippen LogP contribution in [-0.4, -0.2) is 27.4 Å². The minimum absolute atomic E-state index is 0.0550. The van der Waals surface area contributed by atoms with E-state index in [0.717, 1.165) is 6.21 Å². The van der Waals surface area contributed by atoms with Gasteiger partial charge in [-0.05, 0) is 19.1 Å². The summed E-state index contributed by atoms with van der Waals surface area (Å²) in [6.07, 6.45) is 2.66. The van der Waals surface area contributed by atoms with Crippen molar-refractivity contribution >= 4 is 17.9 Å². The van der Waals surface area contributed by atoms with Crippen LogP contribution in [-0.2, 0) is 4.79 Å². The van der Waals surface area contributed by atoms with Crippen molar-refractivity contribution in [3.05, 3.63) is 29.7 Å². The molecule has 0 saturated carbocycles. The Morgan fingerprint density at radius 1 is 1.67 bits per heavy atom. The monoisotopic (exact) mass is 206 g/mol. The SMILES string of the molecule is C/C(O)=C(/C=Nc1cccnn1)C(N)=O. The Morgan fingerprint density at radius 2 is 2.40 bits per heavy atom. The number of aliphatic imine (C=N–C) groups is 1. The summed E-state index contributed by atoms with van der Waals surface area (Å²) in [5.41, 5.74) is 4.96. The topological polar surface area (TPSA) is 101 Å². The molecule has 0 saturated heterocycles. The van der Waals surface area contributed by atoms with Gasteiger partial charge in [0.25, 0.3) is 5.91 Å². The molecule has 6 nitrogen and oxygen atoms in total. The molecule has 0 unspecified atom stereocenters. The quantitative estimate of drug-likeness (QED) is 0.427. The summed E-state index contributed by atoms with van der Waals surface area (Å²) in [7, 11) is 0. The Morgan fingerprint density at radius 3 is 2.87 bits per heavy atom. The van der Waals surface area contributed by atoms with Gasteiger partial charge in [0, 0.05) is 12.4 Å². The summed E-state index contributed by atoms with van der Waals surface area (Å²) in [5.74, 6) is -0.602. The molecule has 0 aliphatic heterocycles. The third-order valence-corrected chi connectivity index (χ3v) is 1.54. The first-order chi connectivity index (χ1) is 7.11. The molecule has 1 rings (SSSR count). The van der Waals surface area contributed by atoms with Gasteiger partial charge in [0.05, 0.1) is 5.57 Å². The number of carbonyl (C=O) groups excluding carboxylic acids is 1. The van der Waals surface area contributed by atoms with Crippen molar-refractivity contribution in [2.24, 2.45) is 10.7 Å². The van der Waals surface area contributed by atoms with Crippen LogP contribution in [0.25, 0.3) is 0 Å². The van der Waals surface area contributed by atoms with Crippen LogP contribution in [0.2, 0.25) is 0 Å². The van der Waals surface area contributed by atoms with Crippen LogP contribution < -0.4 is 5.73 Å². The predicted molar refractivity (Wildman–Crippen MR) is 54.7 cm³/mol. The predicted octanol–water partition coefficient (Wildman–Crippen LogP) is 0.496. The second-order valence-electron chi connectivity index (χ2n) is 2.70. The van der Waals surface area contributed by atoms with E-state index in [0.29, 0.717) is 5.82 Å². The lowest BCUT2D eigenvalue weighted by molar-refractivity contribution is -0.114. The lowest BCUT2D eigenvalue weighted by Crippen LogP contribution is -2.16. The Balaban J connectivity index is 2.90. The first-order valence-corrected chi connectivity index (χ1v) is 4.12. The number of nitrogens with zero attached hydrogens (tertiary/aromatic N) is 3. The molecule has 78 valence electrons. The van der Waals surface area contributed by atoms with E-state index < -0.39 is 5.91 Å². The van der Waals surface area contributed by atoms with Crippen molar-refractivity contribution in [1.82, 2.24) is 10.2 Å². The Hall–Kier alpha value is -2.24. The maximum Gasteiger partial charge on any atom is 0.253 e. The second kappa shape index (κ2) is 4.85. The van der Waals surface area contributed by atoms with E-state index in [1.807, 2.05) is 0 Å². The van der Waals surface area contributed by atoms with Crippen LogP contribution in [0.15, 0.2) is 34.7 Å². The van der Waals surface area contributed by atoms with Gasteiger partial charge in [-0.25, -0.2) is 4.99 Å². The largest absolute Gasteiger partial charge is 0.512 e. The summed E-state index contributed by atoms with van der Waals surface area (Å²) in [5, 5.41) is 16.4. The molecular formula is C9H10N4O2. The van der Waals surface area contributed by atoms with Crippen LogP contribution in [0.3, 0.4) is 0 Å². The van der Waals surface area contributed by atoms with Crippen LogP contribution in [0.5, 0.6) is 0 Å². The Bertz CT molecular complexity index is 407. The Labute approximate surface area is 86.2 Å². The van der Waals surface area contributed by atoms with Crippen molar-refractivity contribution in [3.8, 4) is 0 Å². The molecule has 0 aliphatic rings. The maximum atomic E-state index is 10.8. The van der Waals surface area contributed by atoms with Crippen LogP contribution >= 0.6 is 0 Å². The number of hydrogen-bond acceptors (Lipinski definition) is 5. The average Bonchev–Trinajstić information content (AvgIpc) is 2.18. The van der Waals surface area contributed by atoms with E-state index in [4.69, 9.17) is 10.8 Å². The lowest BCUT2D eigenvalue weighted by atomic mass is 10.2. The number of aliphatic hydroxyl groups is 1. The number of nitrogens with two attached hydrogens (primary N) is 1. The summed E-state index contributed by atoms with van der Waals surface area (Å²) in [6, 6.07) is 3.26. The highest BCUT2D eigenvalue weighted by molar-refractivity contribution is 6.12. The molecule has 1 heterocycles. The molecule has 0 radical (unpaired) electrons. The van der Waals surface area contributed by atoms with E-state index in [9.17, 15) is 4.79 Å². The van der Waals surface area contributed by atoms with Crippen LogP contribution in [0.1, 0.15) is 6.92 Å². The van der Waals surface area contributed by atoms with E-state index in [2.05, 4.69) is 15.2 Å². The number of amides is 1. The van der Waals surface area contributed by atoms with Gasteiger partial charge >= 0.3 is 0 Å². The number of allylic oxidation sites excluding steroid dienone is 1. The molecule has 0 aromatic carbocycles. The van der Waals surface area contributed by atoms with Gasteiger partial charge < -0.3 is 10.8 Å². The fourth-order valence-electron chi connectivity index (χ4n) is 0.828. The molecule has 0 spiro atoms. The number of carbonyl (C=O) groups is 1. The number of hydrogen-bond donors (Lipinski definition) is 2. The minimum atomic E-state index is -0.748. The van der Waals surface area contributed by atoms with Crippen molar-refractivity contribution < 1.29 is 9.90 Å². The fraction of sp³-hybridized carbons (Fsp3) is 0.111. The molecule has 0 atom stereocenters. The first kappa shape index (κ1) is 10.8. The van der Waals surface area contributed by atoms with E-state index in [1.54, 1.807) is 12.1 Å². The molecule has 3 N–H and O–H groups in total. The molecular weight excluding hydrogens is 196 g/mol. The molecule has 0 bridgehead atoms. The third kappa shape index (κ3) is 3.18. The zero-order valence-corrected chi connectivity index (χ0v) is 8.08. The molecule has 6 heteroatoms. The third-order valence-electron chi connectivity index (χ3n) is 1.54. The summed E-state index contributed by atoms with van der Waals surface area (Å²) in [4.78, 5) is 14.7. The second-order valence-corrected chi connectivity index (χ2v) is 2.70. The highest BCUT2D eigenvalue weighted by Crippen LogP contribution is 2.04. The molecule has 15 heavy (non-hydrogen) atoms. The molecule has 1 amide bonds. The average molecular weight is 206 g/mol. The molecule has 1 aromatic rings. The Kier molecular flexibility index (Phi) is 3.50. The first-order valence-electron chi connectivity index (χ1n) is 4.12. The lowest BCUT2D eigenvalue weighted by Gasteiger charge is -1.96. The summed E-state index contributed by atoms with van der Waals surface area (Å²) in [6.45, 7) is 1.35. The fourth-order valence-corrected chi connectivity index (χ4v) is 0.828. The standard InChI is InChI=1S/C9H10N4O2/c1-6(14)7(9(10)15)5-11-8-3-2-4-12-13-8/h2-5,14H,1H3,(H2,10,15)/b7-6+,11-5?. The molecule has 0 aliphatic carbocycles. The van der Waals surface area contributed by atoms with Crippen molar-refractivity contribution in [2.75, 3.05) is 0 Å². The van der Waals surface area contributed by atoms with E-state index >= 15 is 0 Å². The van der Waals surface area contributed by atoms with Crippen LogP contribution in [0.4, 0.5) is 5.82 Å². The van der Waals surface area contributed by atoms with Crippen molar-refractivity contribution in [1.29, 1.82) is 0 Å². The minimum Gasteiger partial charge on any atom is -0.512 e. The highest BCUT2D eigenvalue weighted by Gasteiger charge is 2.05. The van der Waals surface area contributed by atoms with Gasteiger partial charge in [0.15, 0.2) is 5.82 Å². The number of aliphatic hydroxyl groups excluding tert-OH is 1. The zero-order valence-electron chi connectivity index (χ0n) is 8.08. The highest BCUT2D eigenvalue weighted by atomic mass is 16.3. The van der Waals surface area contributed by atoms with Gasteiger partial charge in [-0.3, -0.25) is 4.79 Å². The molecule has 1 aromatic heterocycles. The smallest absolute Gasteiger partial charge is 0.253 e. The van der Waals surface area contributed by atoms with Gasteiger partial charge in [-0.2, -0.15) is 5.10 Å². The van der Waals surface area contributed by atoms with Crippen molar-refractivity contribution in [3.63, 3.8) is 0 Å². The van der Waals surface area contributed by atoms with Gasteiger partial charge in [0.1, 0.15) is 5.76 Å². The number of primary amides is 1. The van der Waals surface area contributed by atoms with Crippen LogP contribution in [0, 0.1) is 0 Å². The number of aromatic nitrogens is 2. The van der Waals surface area contributed by atoms with Gasteiger partial charge in [0.2, 0.25) is 0 Å². The maximum absolute atomic E-state index is 10.8. The van der Waals surface area contributed by atoms with E-state index in [1.165, 1.54) is 13.1 Å². The summed E-state index contributed by atoms with van der Waals surface area (Å²) < 4.78 is 0. The summed E-state index contributed by atoms with van der Waals surface area (Å²) >= 11 is 0. The van der Waals surface area contributed by atoms with Crippen molar-refractivity contribution in [2.45, 2.75) is 6.92 Å². The normalized spacial score (nSPS) is 12.6.